The average molecular weight is 284 g/mol. The molecule has 1 aromatic heterocycles. The van der Waals surface area contributed by atoms with Crippen LogP contribution in [0.1, 0.15) is 6.92 Å². The van der Waals surface area contributed by atoms with Crippen molar-refractivity contribution in [1.29, 1.82) is 0 Å². The van der Waals surface area contributed by atoms with Crippen molar-refractivity contribution in [3.8, 4) is 28.6 Å². The first kappa shape index (κ1) is 13.3. The summed E-state index contributed by atoms with van der Waals surface area (Å²) < 4.78 is 10.6. The van der Waals surface area contributed by atoms with Crippen molar-refractivity contribution >= 4 is 11.0 Å². The first-order valence-corrected chi connectivity index (χ1v) is 6.71. The van der Waals surface area contributed by atoms with Crippen LogP contribution in [0.3, 0.4) is 0 Å². The lowest BCUT2D eigenvalue weighted by atomic mass is 10.2. The molecule has 0 saturated heterocycles. The van der Waals surface area contributed by atoms with Gasteiger partial charge < -0.3 is 19.6 Å². The Hall–Kier alpha value is -2.69. The standard InChI is InChI=1S/C16H16N2O3/c1-3-21-15-8-10(4-7-14(15)19)16-17-12-6-5-11(20-2)9-13(12)18-16/h4-9,19H,3H2,1-2H3,(H,17,18). The normalized spacial score (nSPS) is 10.8. The summed E-state index contributed by atoms with van der Waals surface area (Å²) in [5.41, 5.74) is 2.61. The minimum absolute atomic E-state index is 0.124. The zero-order valence-corrected chi connectivity index (χ0v) is 11.9. The fraction of sp³-hybridized carbons (Fsp3) is 0.188. The van der Waals surface area contributed by atoms with Crippen LogP contribution >= 0.6 is 0 Å². The molecule has 0 amide bonds. The number of ether oxygens (including phenoxy) is 2. The van der Waals surface area contributed by atoms with E-state index in [1.54, 1.807) is 25.3 Å². The number of fused-ring (bicyclic) bond motifs is 1. The molecule has 3 rings (SSSR count). The zero-order valence-electron chi connectivity index (χ0n) is 11.9. The summed E-state index contributed by atoms with van der Waals surface area (Å²) in [5.74, 6) is 2.07. The van der Waals surface area contributed by atoms with Gasteiger partial charge in [0.15, 0.2) is 11.5 Å². The van der Waals surface area contributed by atoms with E-state index in [0.717, 1.165) is 28.2 Å². The number of H-pyrrole nitrogens is 1. The molecular weight excluding hydrogens is 268 g/mol. The van der Waals surface area contributed by atoms with Crippen LogP contribution in [0.2, 0.25) is 0 Å². The Bertz CT molecular complexity index is 780. The van der Waals surface area contributed by atoms with Crippen molar-refractivity contribution in [3.63, 3.8) is 0 Å². The molecule has 2 N–H and O–H groups in total. The highest BCUT2D eigenvalue weighted by atomic mass is 16.5. The fourth-order valence-electron chi connectivity index (χ4n) is 2.18. The van der Waals surface area contributed by atoms with Crippen LogP contribution in [0.25, 0.3) is 22.4 Å². The van der Waals surface area contributed by atoms with E-state index < -0.39 is 0 Å². The van der Waals surface area contributed by atoms with Crippen molar-refractivity contribution < 1.29 is 14.6 Å². The van der Waals surface area contributed by atoms with Crippen molar-refractivity contribution in [3.05, 3.63) is 36.4 Å². The van der Waals surface area contributed by atoms with E-state index in [9.17, 15) is 5.11 Å². The first-order chi connectivity index (χ1) is 10.2. The number of rotatable bonds is 4. The molecular formula is C16H16N2O3. The van der Waals surface area contributed by atoms with Crippen molar-refractivity contribution in [2.45, 2.75) is 6.92 Å². The molecule has 108 valence electrons. The highest BCUT2D eigenvalue weighted by molar-refractivity contribution is 5.81. The third-order valence-electron chi connectivity index (χ3n) is 3.22. The van der Waals surface area contributed by atoms with Gasteiger partial charge in [-0.25, -0.2) is 4.98 Å². The molecule has 0 unspecified atom stereocenters. The first-order valence-electron chi connectivity index (χ1n) is 6.71. The maximum atomic E-state index is 9.75. The van der Waals surface area contributed by atoms with E-state index in [1.165, 1.54) is 0 Å². The second kappa shape index (κ2) is 5.36. The van der Waals surface area contributed by atoms with Crippen molar-refractivity contribution in [2.75, 3.05) is 13.7 Å². The maximum absolute atomic E-state index is 9.75. The second-order valence-corrected chi connectivity index (χ2v) is 4.58. The molecule has 1 heterocycles. The molecule has 0 fully saturated rings. The summed E-state index contributed by atoms with van der Waals surface area (Å²) in [4.78, 5) is 7.79. The van der Waals surface area contributed by atoms with E-state index in [1.807, 2.05) is 25.1 Å². The molecule has 0 bridgehead atoms. The number of nitrogens with zero attached hydrogens (tertiary/aromatic N) is 1. The summed E-state index contributed by atoms with van der Waals surface area (Å²) in [7, 11) is 1.63. The Kier molecular flexibility index (Phi) is 3.39. The molecule has 0 atom stereocenters. The van der Waals surface area contributed by atoms with Gasteiger partial charge in [0.05, 0.1) is 24.8 Å². The highest BCUT2D eigenvalue weighted by Gasteiger charge is 2.09. The summed E-state index contributed by atoms with van der Waals surface area (Å²) in [6, 6.07) is 10.8. The van der Waals surface area contributed by atoms with E-state index in [0.29, 0.717) is 12.4 Å². The third-order valence-corrected chi connectivity index (χ3v) is 3.22. The van der Waals surface area contributed by atoms with Gasteiger partial charge in [-0.3, -0.25) is 0 Å². The number of hydrogen-bond donors (Lipinski definition) is 2. The molecule has 0 aliphatic rings. The number of hydrogen-bond acceptors (Lipinski definition) is 4. The molecule has 0 aliphatic heterocycles. The Morgan fingerprint density at radius 1 is 1.19 bits per heavy atom. The number of benzene rings is 2. The number of imidazole rings is 1. The molecule has 21 heavy (non-hydrogen) atoms. The molecule has 0 aliphatic carbocycles. The van der Waals surface area contributed by atoms with Crippen LogP contribution in [0, 0.1) is 0 Å². The SMILES string of the molecule is CCOc1cc(-c2nc3ccc(OC)cc3[nH]2)ccc1O. The van der Waals surface area contributed by atoms with Crippen LogP contribution in [-0.4, -0.2) is 28.8 Å². The van der Waals surface area contributed by atoms with E-state index in [4.69, 9.17) is 9.47 Å². The van der Waals surface area contributed by atoms with E-state index in [2.05, 4.69) is 9.97 Å². The lowest BCUT2D eigenvalue weighted by Crippen LogP contribution is -1.92. The third kappa shape index (κ3) is 2.50. The van der Waals surface area contributed by atoms with Gasteiger partial charge in [0, 0.05) is 11.6 Å². The number of phenols is 1. The largest absolute Gasteiger partial charge is 0.504 e. The van der Waals surface area contributed by atoms with Gasteiger partial charge in [-0.05, 0) is 37.3 Å². The predicted molar refractivity (Wildman–Crippen MR) is 80.9 cm³/mol. The molecule has 5 nitrogen and oxygen atoms in total. The number of aromatic hydroxyl groups is 1. The monoisotopic (exact) mass is 284 g/mol. The molecule has 5 heteroatoms. The van der Waals surface area contributed by atoms with Gasteiger partial charge in [-0.1, -0.05) is 0 Å². The number of nitrogens with one attached hydrogen (secondary N) is 1. The average Bonchev–Trinajstić information content (AvgIpc) is 2.92. The number of aromatic amines is 1. The second-order valence-electron chi connectivity index (χ2n) is 4.58. The van der Waals surface area contributed by atoms with Gasteiger partial charge in [-0.15, -0.1) is 0 Å². The maximum Gasteiger partial charge on any atom is 0.161 e. The Balaban J connectivity index is 2.05. The van der Waals surface area contributed by atoms with Gasteiger partial charge in [0.2, 0.25) is 0 Å². The number of methoxy groups -OCH3 is 1. The van der Waals surface area contributed by atoms with Crippen molar-refractivity contribution in [1.82, 2.24) is 9.97 Å². The molecule has 0 radical (unpaired) electrons. The molecule has 0 saturated carbocycles. The van der Waals surface area contributed by atoms with Crippen LogP contribution in [0.4, 0.5) is 0 Å². The van der Waals surface area contributed by atoms with Gasteiger partial charge in [-0.2, -0.15) is 0 Å². The molecule has 2 aromatic carbocycles. The number of phenolic OH excluding ortho intramolecular Hbond substituents is 1. The minimum Gasteiger partial charge on any atom is -0.504 e. The summed E-state index contributed by atoms with van der Waals surface area (Å²) >= 11 is 0. The topological polar surface area (TPSA) is 67.4 Å². The summed E-state index contributed by atoms with van der Waals surface area (Å²) in [6.07, 6.45) is 0. The lowest BCUT2D eigenvalue weighted by molar-refractivity contribution is 0.318. The highest BCUT2D eigenvalue weighted by Crippen LogP contribution is 2.31. The number of aromatic nitrogens is 2. The summed E-state index contributed by atoms with van der Waals surface area (Å²) in [5, 5.41) is 9.75. The Labute approximate surface area is 122 Å². The van der Waals surface area contributed by atoms with Crippen LogP contribution in [0.15, 0.2) is 36.4 Å². The molecule has 0 spiro atoms. The fourth-order valence-corrected chi connectivity index (χ4v) is 2.18. The van der Waals surface area contributed by atoms with E-state index >= 15 is 0 Å². The van der Waals surface area contributed by atoms with E-state index in [-0.39, 0.29) is 5.75 Å². The summed E-state index contributed by atoms with van der Waals surface area (Å²) in [6.45, 7) is 2.37. The van der Waals surface area contributed by atoms with Gasteiger partial charge in [0.1, 0.15) is 11.6 Å². The smallest absolute Gasteiger partial charge is 0.161 e. The zero-order chi connectivity index (χ0) is 14.8. The van der Waals surface area contributed by atoms with Crippen LogP contribution in [0.5, 0.6) is 17.2 Å². The lowest BCUT2D eigenvalue weighted by Gasteiger charge is -2.06. The quantitative estimate of drug-likeness (QED) is 0.771. The predicted octanol–water partition coefficient (Wildman–Crippen LogP) is 3.34. The Morgan fingerprint density at radius 3 is 2.81 bits per heavy atom. The molecule has 3 aromatic rings. The Morgan fingerprint density at radius 2 is 2.05 bits per heavy atom. The van der Waals surface area contributed by atoms with Crippen LogP contribution < -0.4 is 9.47 Å². The minimum atomic E-state index is 0.124. The van der Waals surface area contributed by atoms with Crippen LogP contribution in [-0.2, 0) is 0 Å². The van der Waals surface area contributed by atoms with Crippen molar-refractivity contribution in [2.24, 2.45) is 0 Å². The van der Waals surface area contributed by atoms with Gasteiger partial charge in [0.25, 0.3) is 0 Å². The van der Waals surface area contributed by atoms with Gasteiger partial charge >= 0.3 is 0 Å².